The van der Waals surface area contributed by atoms with Crippen LogP contribution >= 0.6 is 0 Å². The van der Waals surface area contributed by atoms with Crippen LogP contribution in [0.15, 0.2) is 23.2 Å². The summed E-state index contributed by atoms with van der Waals surface area (Å²) >= 11 is 0. The van der Waals surface area contributed by atoms with E-state index in [4.69, 9.17) is 5.26 Å². The van der Waals surface area contributed by atoms with Crippen LogP contribution in [0.1, 0.15) is 32.1 Å². The molecule has 1 aromatic heterocycles. The minimum atomic E-state index is -0.659. The monoisotopic (exact) mass is 423 g/mol. The fourth-order valence-electron chi connectivity index (χ4n) is 3.95. The van der Waals surface area contributed by atoms with Gasteiger partial charge < -0.3 is 15.1 Å². The molecule has 2 saturated heterocycles. The highest BCUT2D eigenvalue weighted by Crippen LogP contribution is 2.18. The maximum Gasteiger partial charge on any atom is 0.247 e. The molecule has 0 spiro atoms. The third-order valence-corrected chi connectivity index (χ3v) is 5.58. The summed E-state index contributed by atoms with van der Waals surface area (Å²) in [4.78, 5) is 33.6. The molecule has 3 heterocycles. The Labute approximate surface area is 179 Å². The van der Waals surface area contributed by atoms with Crippen molar-refractivity contribution < 1.29 is 9.59 Å². The minimum absolute atomic E-state index is 0.00936. The average molecular weight is 423 g/mol. The molecule has 0 aliphatic carbocycles. The molecule has 2 fully saturated rings. The summed E-state index contributed by atoms with van der Waals surface area (Å²) in [5.41, 5.74) is 2.04. The fourth-order valence-corrected chi connectivity index (χ4v) is 3.95. The van der Waals surface area contributed by atoms with E-state index in [0.29, 0.717) is 24.2 Å². The molecule has 2 amide bonds. The van der Waals surface area contributed by atoms with Gasteiger partial charge in [0, 0.05) is 25.3 Å². The summed E-state index contributed by atoms with van der Waals surface area (Å²) in [6, 6.07) is 4.68. The number of aliphatic imine (C=N–C) groups is 1. The second kappa shape index (κ2) is 9.42. The number of hydrogen-bond acceptors (Lipinski definition) is 6. The first-order valence-electron chi connectivity index (χ1n) is 10.5. The number of hydrogen-bond donors (Lipinski definition) is 3. The number of aromatic nitrogens is 3. The Kier molecular flexibility index (Phi) is 6.26. The van der Waals surface area contributed by atoms with Crippen LogP contribution in [-0.4, -0.2) is 75.2 Å². The number of carbonyl (C=O) groups excluding carboxylic acids is 2. The van der Waals surface area contributed by atoms with Crippen molar-refractivity contribution >= 4 is 34.5 Å². The molecule has 2 aliphatic rings. The fraction of sp³-hybridized carbons (Fsp3) is 0.500. The molecule has 162 valence electrons. The molecule has 0 bridgehead atoms. The van der Waals surface area contributed by atoms with Gasteiger partial charge in [-0.15, -0.1) is 0 Å². The Balaban J connectivity index is 1.48. The molecule has 3 N–H and O–H groups in total. The van der Waals surface area contributed by atoms with E-state index in [1.807, 2.05) is 11.1 Å². The van der Waals surface area contributed by atoms with Crippen molar-refractivity contribution in [1.29, 1.82) is 5.26 Å². The Morgan fingerprint density at radius 2 is 1.97 bits per heavy atom. The Morgan fingerprint density at radius 3 is 2.77 bits per heavy atom. The zero-order valence-corrected chi connectivity index (χ0v) is 17.2. The van der Waals surface area contributed by atoms with Gasteiger partial charge in [0.25, 0.3) is 0 Å². The lowest BCUT2D eigenvalue weighted by atomic mass is 10.1. The van der Waals surface area contributed by atoms with Gasteiger partial charge in [0.05, 0.1) is 6.54 Å². The number of rotatable bonds is 4. The first-order valence-corrected chi connectivity index (χ1v) is 10.5. The topological polar surface area (TPSA) is 142 Å². The van der Waals surface area contributed by atoms with Crippen LogP contribution in [-0.2, 0) is 9.59 Å². The van der Waals surface area contributed by atoms with Crippen molar-refractivity contribution in [3.05, 3.63) is 18.2 Å². The summed E-state index contributed by atoms with van der Waals surface area (Å²) < 4.78 is 0. The summed E-state index contributed by atoms with van der Waals surface area (Å²) in [5.74, 6) is -0.0163. The number of aromatic amines is 1. The number of carbonyl (C=O) groups is 2. The lowest BCUT2D eigenvalue weighted by Crippen LogP contribution is -2.45. The molecule has 1 atom stereocenters. The summed E-state index contributed by atoms with van der Waals surface area (Å²) in [6.07, 6.45) is 6.09. The Bertz CT molecular complexity index is 1020. The van der Waals surface area contributed by atoms with Crippen LogP contribution in [0.25, 0.3) is 11.0 Å². The van der Waals surface area contributed by atoms with Crippen molar-refractivity contribution in [1.82, 2.24) is 30.5 Å². The number of benzene rings is 1. The molecule has 1 unspecified atom stereocenters. The van der Waals surface area contributed by atoms with E-state index in [0.717, 1.165) is 44.3 Å². The average Bonchev–Trinajstić information content (AvgIpc) is 3.43. The largest absolute Gasteiger partial charge is 0.341 e. The number of anilines is 1. The van der Waals surface area contributed by atoms with E-state index in [1.165, 1.54) is 0 Å². The predicted molar refractivity (Wildman–Crippen MR) is 114 cm³/mol. The highest BCUT2D eigenvalue weighted by Gasteiger charge is 2.30. The summed E-state index contributed by atoms with van der Waals surface area (Å²) in [7, 11) is 0. The second-order valence-electron chi connectivity index (χ2n) is 7.73. The van der Waals surface area contributed by atoms with Gasteiger partial charge in [0.15, 0.2) is 6.19 Å². The van der Waals surface area contributed by atoms with E-state index >= 15 is 0 Å². The number of nitrogens with zero attached hydrogens (tertiary/aromatic N) is 6. The first-order chi connectivity index (χ1) is 15.1. The molecule has 0 saturated carbocycles. The number of likely N-dealkylation sites (tertiary alicyclic amines) is 2. The standard InChI is InChI=1S/C20H25N9O2/c21-13-22-20(23-14-6-7-15-17(11-14)26-27-25-15)24-16-5-1-2-10-29(19(16)31)12-18(30)28-8-3-4-9-28/h6-7,11,16H,1-5,8-10,12H2,(H2,22,23,24)(H,25,26,27). The highest BCUT2D eigenvalue weighted by atomic mass is 16.2. The second-order valence-corrected chi connectivity index (χ2v) is 7.73. The quantitative estimate of drug-likeness (QED) is 0.286. The van der Waals surface area contributed by atoms with Crippen LogP contribution in [0.4, 0.5) is 5.69 Å². The summed E-state index contributed by atoms with van der Waals surface area (Å²) in [6.45, 7) is 2.15. The van der Waals surface area contributed by atoms with E-state index in [9.17, 15) is 9.59 Å². The molecule has 11 nitrogen and oxygen atoms in total. The van der Waals surface area contributed by atoms with Gasteiger partial charge in [-0.3, -0.25) is 14.9 Å². The lowest BCUT2D eigenvalue weighted by Gasteiger charge is -2.25. The third kappa shape index (κ3) is 4.91. The molecule has 31 heavy (non-hydrogen) atoms. The van der Waals surface area contributed by atoms with E-state index in [1.54, 1.807) is 23.1 Å². The van der Waals surface area contributed by atoms with Gasteiger partial charge in [-0.1, -0.05) is 0 Å². The number of H-pyrrole nitrogens is 1. The number of nitriles is 1. The first kappa shape index (κ1) is 20.6. The zero-order chi connectivity index (χ0) is 21.6. The van der Waals surface area contributed by atoms with Crippen LogP contribution in [0.5, 0.6) is 0 Å². The van der Waals surface area contributed by atoms with Crippen molar-refractivity contribution in [3.63, 3.8) is 0 Å². The maximum atomic E-state index is 13.1. The predicted octanol–water partition coefficient (Wildman–Crippen LogP) is 0.800. The van der Waals surface area contributed by atoms with Crippen LogP contribution < -0.4 is 10.6 Å². The molecular formula is C20H25N9O2. The van der Waals surface area contributed by atoms with Crippen molar-refractivity contribution in [2.75, 3.05) is 31.5 Å². The van der Waals surface area contributed by atoms with Crippen molar-refractivity contribution in [3.8, 4) is 6.19 Å². The SMILES string of the molecule is N#CNC(=NC1CCCCN(CC(=O)N2CCCC2)C1=O)Nc1ccc2n[nH]nc2c1. The molecule has 11 heteroatoms. The molecular weight excluding hydrogens is 398 g/mol. The number of guanidine groups is 1. The number of nitrogens with one attached hydrogen (secondary N) is 3. The molecule has 2 aliphatic heterocycles. The van der Waals surface area contributed by atoms with Gasteiger partial charge in [0.1, 0.15) is 17.1 Å². The summed E-state index contributed by atoms with van der Waals surface area (Å²) in [5, 5.41) is 25.3. The molecule has 2 aromatic rings. The Hall–Kier alpha value is -3.68. The minimum Gasteiger partial charge on any atom is -0.341 e. The van der Waals surface area contributed by atoms with Gasteiger partial charge >= 0.3 is 0 Å². The van der Waals surface area contributed by atoms with Gasteiger partial charge in [-0.05, 0) is 50.3 Å². The van der Waals surface area contributed by atoms with E-state index in [2.05, 4.69) is 31.0 Å². The van der Waals surface area contributed by atoms with Gasteiger partial charge in [-0.2, -0.15) is 20.7 Å². The van der Waals surface area contributed by atoms with Crippen molar-refractivity contribution in [2.24, 2.45) is 4.99 Å². The normalized spacial score (nSPS) is 19.9. The number of amides is 2. The number of fused-ring (bicyclic) bond motifs is 1. The third-order valence-electron chi connectivity index (χ3n) is 5.58. The smallest absolute Gasteiger partial charge is 0.247 e. The van der Waals surface area contributed by atoms with Crippen molar-refractivity contribution in [2.45, 2.75) is 38.1 Å². The Morgan fingerprint density at radius 1 is 1.19 bits per heavy atom. The van der Waals surface area contributed by atoms with Crippen LogP contribution in [0.3, 0.4) is 0 Å². The van der Waals surface area contributed by atoms with Gasteiger partial charge in [-0.25, -0.2) is 4.99 Å². The van der Waals surface area contributed by atoms with E-state index < -0.39 is 6.04 Å². The molecule has 4 rings (SSSR count). The van der Waals surface area contributed by atoms with E-state index in [-0.39, 0.29) is 24.3 Å². The zero-order valence-electron chi connectivity index (χ0n) is 17.2. The molecule has 1 aromatic carbocycles. The molecule has 0 radical (unpaired) electrons. The van der Waals surface area contributed by atoms with Gasteiger partial charge in [0.2, 0.25) is 17.8 Å². The maximum absolute atomic E-state index is 13.1. The van der Waals surface area contributed by atoms with Crippen LogP contribution in [0, 0.1) is 11.5 Å². The highest BCUT2D eigenvalue weighted by molar-refractivity contribution is 5.98. The van der Waals surface area contributed by atoms with Crippen LogP contribution in [0.2, 0.25) is 0 Å². The lowest BCUT2D eigenvalue weighted by molar-refractivity contribution is -0.140.